The van der Waals surface area contributed by atoms with Crippen LogP contribution in [0.25, 0.3) is 0 Å². The van der Waals surface area contributed by atoms with Crippen molar-refractivity contribution in [2.45, 2.75) is 73.0 Å². The first-order valence-electron chi connectivity index (χ1n) is 5.84. The Hall–Kier alpha value is 0.350. The van der Waals surface area contributed by atoms with Crippen LogP contribution in [-0.2, 0) is 0 Å². The Morgan fingerprint density at radius 2 is 1.31 bits per heavy atom. The van der Waals surface area contributed by atoms with Gasteiger partial charge in [-0.25, -0.2) is 0 Å². The van der Waals surface area contributed by atoms with E-state index in [2.05, 4.69) is 33.4 Å². The standard InChI is InChI=1S/C8H18S.2C2H6/c1-4-7(2)5-6-8(3)9;2*1-2/h7-9H,4-6H2,1-3H3;2*1-2H3. The zero-order valence-electron chi connectivity index (χ0n) is 10.7. The molecule has 0 N–H and O–H groups in total. The van der Waals surface area contributed by atoms with Crippen molar-refractivity contribution in [2.24, 2.45) is 5.92 Å². The number of thiol groups is 1. The van der Waals surface area contributed by atoms with Crippen LogP contribution in [0.4, 0.5) is 0 Å². The second-order valence-corrected chi connectivity index (χ2v) is 3.82. The summed E-state index contributed by atoms with van der Waals surface area (Å²) in [6.07, 6.45) is 3.90. The molecular formula is C12H30S. The molecule has 0 radical (unpaired) electrons. The predicted molar refractivity (Wildman–Crippen MR) is 69.8 cm³/mol. The Bertz CT molecular complexity index is 60.1. The van der Waals surface area contributed by atoms with E-state index >= 15 is 0 Å². The van der Waals surface area contributed by atoms with Crippen molar-refractivity contribution in [2.75, 3.05) is 0 Å². The summed E-state index contributed by atoms with van der Waals surface area (Å²) < 4.78 is 0. The third kappa shape index (κ3) is 24.5. The summed E-state index contributed by atoms with van der Waals surface area (Å²) in [4.78, 5) is 0. The molecular weight excluding hydrogens is 176 g/mol. The lowest BCUT2D eigenvalue weighted by Crippen LogP contribution is -1.97. The van der Waals surface area contributed by atoms with E-state index in [1.807, 2.05) is 27.7 Å². The lowest BCUT2D eigenvalue weighted by atomic mass is 10.0. The van der Waals surface area contributed by atoms with Gasteiger partial charge in [0.1, 0.15) is 0 Å². The average Bonchev–Trinajstić information content (AvgIpc) is 2.20. The monoisotopic (exact) mass is 206 g/mol. The molecule has 0 saturated heterocycles. The molecule has 13 heavy (non-hydrogen) atoms. The van der Waals surface area contributed by atoms with Crippen LogP contribution in [0, 0.1) is 5.92 Å². The van der Waals surface area contributed by atoms with E-state index in [9.17, 15) is 0 Å². The van der Waals surface area contributed by atoms with Crippen molar-refractivity contribution in [1.82, 2.24) is 0 Å². The molecule has 0 aliphatic rings. The van der Waals surface area contributed by atoms with Crippen LogP contribution in [-0.4, -0.2) is 5.25 Å². The van der Waals surface area contributed by atoms with Gasteiger partial charge in [-0.3, -0.25) is 0 Å². The number of hydrogen-bond donors (Lipinski definition) is 1. The minimum absolute atomic E-state index is 0.582. The first-order valence-corrected chi connectivity index (χ1v) is 6.36. The molecule has 0 fully saturated rings. The maximum Gasteiger partial charge on any atom is -0.00115 e. The molecule has 0 nitrogen and oxygen atoms in total. The van der Waals surface area contributed by atoms with Gasteiger partial charge in [0.2, 0.25) is 0 Å². The zero-order chi connectivity index (χ0) is 11.3. The van der Waals surface area contributed by atoms with E-state index < -0.39 is 0 Å². The highest BCUT2D eigenvalue weighted by molar-refractivity contribution is 7.80. The van der Waals surface area contributed by atoms with E-state index in [-0.39, 0.29) is 0 Å². The summed E-state index contributed by atoms with van der Waals surface area (Å²) in [5.41, 5.74) is 0. The average molecular weight is 206 g/mol. The lowest BCUT2D eigenvalue weighted by Gasteiger charge is -2.08. The summed E-state index contributed by atoms with van der Waals surface area (Å²) in [6, 6.07) is 0. The molecule has 2 unspecified atom stereocenters. The van der Waals surface area contributed by atoms with Crippen molar-refractivity contribution < 1.29 is 0 Å². The Morgan fingerprint density at radius 3 is 1.54 bits per heavy atom. The fraction of sp³-hybridized carbons (Fsp3) is 1.00. The molecule has 0 saturated carbocycles. The van der Waals surface area contributed by atoms with E-state index in [0.29, 0.717) is 5.25 Å². The maximum absolute atomic E-state index is 4.31. The molecule has 0 aliphatic carbocycles. The minimum atomic E-state index is 0.582. The van der Waals surface area contributed by atoms with Gasteiger partial charge < -0.3 is 0 Å². The molecule has 0 rings (SSSR count). The Kier molecular flexibility index (Phi) is 26.6. The first kappa shape index (κ1) is 19.0. The van der Waals surface area contributed by atoms with Crippen LogP contribution in [0.2, 0.25) is 0 Å². The van der Waals surface area contributed by atoms with Crippen LogP contribution in [0.15, 0.2) is 0 Å². The Morgan fingerprint density at radius 1 is 0.923 bits per heavy atom. The van der Waals surface area contributed by atoms with Crippen molar-refractivity contribution in [3.63, 3.8) is 0 Å². The van der Waals surface area contributed by atoms with Crippen LogP contribution in [0.1, 0.15) is 67.7 Å². The molecule has 0 aromatic heterocycles. The summed E-state index contributed by atoms with van der Waals surface area (Å²) in [7, 11) is 0. The molecule has 1 heteroatoms. The number of hydrogen-bond acceptors (Lipinski definition) is 1. The Balaban J connectivity index is -0.000000218. The van der Waals surface area contributed by atoms with Crippen molar-refractivity contribution in [3.05, 3.63) is 0 Å². The summed E-state index contributed by atoms with van der Waals surface area (Å²) >= 11 is 4.31. The first-order chi connectivity index (χ1) is 6.16. The Labute approximate surface area is 91.9 Å². The quantitative estimate of drug-likeness (QED) is 0.602. The van der Waals surface area contributed by atoms with Gasteiger partial charge in [-0.05, 0) is 24.0 Å². The summed E-state index contributed by atoms with van der Waals surface area (Å²) in [6.45, 7) is 14.7. The fourth-order valence-electron chi connectivity index (χ4n) is 0.730. The number of rotatable bonds is 4. The second kappa shape index (κ2) is 18.2. The smallest absolute Gasteiger partial charge is 0.00115 e. The van der Waals surface area contributed by atoms with Crippen LogP contribution < -0.4 is 0 Å². The topological polar surface area (TPSA) is 0 Å². The molecule has 0 heterocycles. The predicted octanol–water partition coefficient (Wildman–Crippen LogP) is 5.18. The minimum Gasteiger partial charge on any atom is -0.176 e. The maximum atomic E-state index is 4.31. The van der Waals surface area contributed by atoms with Gasteiger partial charge >= 0.3 is 0 Å². The van der Waals surface area contributed by atoms with Crippen molar-refractivity contribution in [3.8, 4) is 0 Å². The summed E-state index contributed by atoms with van der Waals surface area (Å²) in [5.74, 6) is 0.889. The van der Waals surface area contributed by atoms with Crippen LogP contribution in [0.5, 0.6) is 0 Å². The molecule has 0 amide bonds. The van der Waals surface area contributed by atoms with E-state index in [1.54, 1.807) is 0 Å². The van der Waals surface area contributed by atoms with Gasteiger partial charge in [0, 0.05) is 0 Å². The third-order valence-corrected chi connectivity index (χ3v) is 2.03. The van der Waals surface area contributed by atoms with Crippen molar-refractivity contribution in [1.29, 1.82) is 0 Å². The molecule has 84 valence electrons. The highest BCUT2D eigenvalue weighted by atomic mass is 32.1. The van der Waals surface area contributed by atoms with Gasteiger partial charge in [0.15, 0.2) is 0 Å². The third-order valence-electron chi connectivity index (χ3n) is 1.77. The highest BCUT2D eigenvalue weighted by Crippen LogP contribution is 2.13. The molecule has 2 atom stereocenters. The molecule has 0 spiro atoms. The van der Waals surface area contributed by atoms with E-state index in [4.69, 9.17) is 0 Å². The van der Waals surface area contributed by atoms with Gasteiger partial charge in [-0.15, -0.1) is 0 Å². The van der Waals surface area contributed by atoms with Gasteiger partial charge in [0.25, 0.3) is 0 Å². The molecule has 0 bridgehead atoms. The second-order valence-electron chi connectivity index (χ2n) is 2.94. The van der Waals surface area contributed by atoms with Crippen LogP contribution >= 0.6 is 12.6 Å². The highest BCUT2D eigenvalue weighted by Gasteiger charge is 1.99. The van der Waals surface area contributed by atoms with Crippen molar-refractivity contribution >= 4 is 12.6 Å². The summed E-state index contributed by atoms with van der Waals surface area (Å²) in [5, 5.41) is 0.582. The van der Waals surface area contributed by atoms with Gasteiger partial charge in [-0.2, -0.15) is 12.6 Å². The molecule has 0 aromatic carbocycles. The molecule has 0 aliphatic heterocycles. The zero-order valence-corrected chi connectivity index (χ0v) is 11.6. The normalized spacial score (nSPS) is 12.9. The fourth-order valence-corrected chi connectivity index (χ4v) is 0.879. The SMILES string of the molecule is CC.CC.CCC(C)CCC(C)S. The van der Waals surface area contributed by atoms with Gasteiger partial charge in [-0.1, -0.05) is 54.9 Å². The van der Waals surface area contributed by atoms with E-state index in [1.165, 1.54) is 19.3 Å². The van der Waals surface area contributed by atoms with Crippen LogP contribution in [0.3, 0.4) is 0 Å². The molecule has 0 aromatic rings. The van der Waals surface area contributed by atoms with Gasteiger partial charge in [0.05, 0.1) is 0 Å². The largest absolute Gasteiger partial charge is 0.176 e. The van der Waals surface area contributed by atoms with E-state index in [0.717, 1.165) is 5.92 Å². The lowest BCUT2D eigenvalue weighted by molar-refractivity contribution is 0.496.